The van der Waals surface area contributed by atoms with Crippen LogP contribution in [0.4, 0.5) is 0 Å². The predicted molar refractivity (Wildman–Crippen MR) is 248 cm³/mol. The minimum atomic E-state index is -0.414. The second kappa shape index (κ2) is 19.1. The SMILES string of the molecule is CC(C)(C)C1=CC(=CC#N)C=C(C(C)(C)C)C1=O.CC(C)(C)C1=CC(=Cc2ccccc2)C=C(C(C)(C)C)C1=O.COC(=O)C=C1C=C(C(C)(C)C)C(=O)C(C(C)(C)C)=C1. The van der Waals surface area contributed by atoms with E-state index in [4.69, 9.17) is 5.26 Å². The van der Waals surface area contributed by atoms with Crippen molar-refractivity contribution in [3.05, 3.63) is 135 Å². The number of benzene rings is 1. The summed E-state index contributed by atoms with van der Waals surface area (Å²) in [7, 11) is 1.34. The second-order valence-corrected chi connectivity index (χ2v) is 21.8. The van der Waals surface area contributed by atoms with Crippen LogP contribution in [0.5, 0.6) is 0 Å². The molecule has 0 amide bonds. The molecule has 1 aromatic rings. The quantitative estimate of drug-likeness (QED) is 0.167. The van der Waals surface area contributed by atoms with Gasteiger partial charge in [-0.05, 0) is 97.3 Å². The van der Waals surface area contributed by atoms with E-state index in [0.29, 0.717) is 5.57 Å². The van der Waals surface area contributed by atoms with Gasteiger partial charge in [-0.2, -0.15) is 5.26 Å². The van der Waals surface area contributed by atoms with E-state index in [9.17, 15) is 19.2 Å². The topological polar surface area (TPSA) is 101 Å². The minimum Gasteiger partial charge on any atom is -0.466 e. The van der Waals surface area contributed by atoms with Gasteiger partial charge in [-0.15, -0.1) is 0 Å². The highest BCUT2D eigenvalue weighted by atomic mass is 16.5. The lowest BCUT2D eigenvalue weighted by atomic mass is 9.72. The molecule has 6 heteroatoms. The van der Waals surface area contributed by atoms with Crippen molar-refractivity contribution in [3.8, 4) is 6.07 Å². The van der Waals surface area contributed by atoms with Crippen molar-refractivity contribution in [3.63, 3.8) is 0 Å². The van der Waals surface area contributed by atoms with E-state index in [2.05, 4.69) is 64.5 Å². The second-order valence-electron chi connectivity index (χ2n) is 21.8. The van der Waals surface area contributed by atoms with Crippen molar-refractivity contribution in [2.45, 2.75) is 125 Å². The first-order chi connectivity index (χ1) is 27.1. The van der Waals surface area contributed by atoms with Crippen molar-refractivity contribution < 1.29 is 23.9 Å². The van der Waals surface area contributed by atoms with Gasteiger partial charge in [0.05, 0.1) is 13.2 Å². The number of Topliss-reactive ketones (excluding diaryl/α,β-unsaturated/α-hetero) is 3. The lowest BCUT2D eigenvalue weighted by molar-refractivity contribution is -0.135. The Hall–Kier alpha value is -5.15. The normalized spacial score (nSPS) is 16.6. The molecule has 1 aromatic carbocycles. The van der Waals surface area contributed by atoms with Crippen LogP contribution < -0.4 is 0 Å². The Balaban J connectivity index is 0.000000312. The maximum Gasteiger partial charge on any atom is 0.331 e. The molecule has 0 aliphatic heterocycles. The fourth-order valence-electron chi connectivity index (χ4n) is 6.56. The number of hydrogen-bond acceptors (Lipinski definition) is 6. The molecule has 322 valence electrons. The van der Waals surface area contributed by atoms with E-state index < -0.39 is 5.97 Å². The van der Waals surface area contributed by atoms with Gasteiger partial charge in [0.1, 0.15) is 0 Å². The number of hydrogen-bond donors (Lipinski definition) is 0. The molecule has 0 atom stereocenters. The van der Waals surface area contributed by atoms with Gasteiger partial charge in [-0.3, -0.25) is 14.4 Å². The number of rotatable bonds is 2. The van der Waals surface area contributed by atoms with Crippen molar-refractivity contribution in [1.82, 2.24) is 0 Å². The Morgan fingerprint density at radius 3 is 1.03 bits per heavy atom. The summed E-state index contributed by atoms with van der Waals surface area (Å²) in [4.78, 5) is 49.4. The number of methoxy groups -OCH3 is 1. The van der Waals surface area contributed by atoms with E-state index in [1.54, 1.807) is 12.2 Å². The third kappa shape index (κ3) is 14.3. The zero-order valence-electron chi connectivity index (χ0n) is 40.1. The maximum atomic E-state index is 12.9. The predicted octanol–water partition coefficient (Wildman–Crippen LogP) is 13.2. The van der Waals surface area contributed by atoms with Crippen LogP contribution in [0.3, 0.4) is 0 Å². The fraction of sp³-hybridized carbons (Fsp3) is 0.463. The summed E-state index contributed by atoms with van der Waals surface area (Å²) in [5.41, 5.74) is 7.29. The van der Waals surface area contributed by atoms with Crippen molar-refractivity contribution >= 4 is 29.4 Å². The third-order valence-corrected chi connectivity index (χ3v) is 10.0. The zero-order valence-corrected chi connectivity index (χ0v) is 40.1. The average Bonchev–Trinajstić information content (AvgIpc) is 3.08. The average molecular weight is 814 g/mol. The van der Waals surface area contributed by atoms with Crippen LogP contribution in [0.25, 0.3) is 6.08 Å². The third-order valence-electron chi connectivity index (χ3n) is 10.0. The van der Waals surface area contributed by atoms with E-state index >= 15 is 0 Å². The Kier molecular flexibility index (Phi) is 16.2. The molecular formula is C54H71NO5. The largest absolute Gasteiger partial charge is 0.466 e. The van der Waals surface area contributed by atoms with Gasteiger partial charge in [-0.25, -0.2) is 4.79 Å². The molecule has 0 saturated heterocycles. The molecule has 0 unspecified atom stereocenters. The molecule has 60 heavy (non-hydrogen) atoms. The molecule has 4 rings (SSSR count). The number of esters is 1. The fourth-order valence-corrected chi connectivity index (χ4v) is 6.56. The number of carbonyl (C=O) groups is 4. The molecule has 0 radical (unpaired) electrons. The minimum absolute atomic E-state index is 0.0621. The van der Waals surface area contributed by atoms with Crippen LogP contribution in [-0.2, 0) is 23.9 Å². The van der Waals surface area contributed by atoms with Gasteiger partial charge in [0.2, 0.25) is 0 Å². The molecule has 0 aromatic heterocycles. The molecule has 0 heterocycles. The van der Waals surface area contributed by atoms with Crippen molar-refractivity contribution in [1.29, 1.82) is 5.26 Å². The monoisotopic (exact) mass is 814 g/mol. The van der Waals surface area contributed by atoms with E-state index in [0.717, 1.165) is 50.1 Å². The first kappa shape index (κ1) is 51.0. The summed E-state index contributed by atoms with van der Waals surface area (Å²) in [5.74, 6) is -0.0642. The first-order valence-corrected chi connectivity index (χ1v) is 20.8. The lowest BCUT2D eigenvalue weighted by Crippen LogP contribution is -2.28. The molecule has 0 saturated carbocycles. The van der Waals surface area contributed by atoms with Gasteiger partial charge in [-0.1, -0.05) is 155 Å². The Bertz CT molecular complexity index is 2060. The molecule has 6 nitrogen and oxygen atoms in total. The summed E-state index contributed by atoms with van der Waals surface area (Å²) in [6.45, 7) is 36.7. The van der Waals surface area contributed by atoms with Gasteiger partial charge in [0.25, 0.3) is 0 Å². The lowest BCUT2D eigenvalue weighted by Gasteiger charge is -2.31. The summed E-state index contributed by atoms with van der Waals surface area (Å²) in [5, 5.41) is 8.79. The number of ether oxygens (including phenoxy) is 1. The van der Waals surface area contributed by atoms with Crippen LogP contribution in [0.2, 0.25) is 0 Å². The Morgan fingerprint density at radius 1 is 0.483 bits per heavy atom. The Labute approximate surface area is 362 Å². The highest BCUT2D eigenvalue weighted by molar-refractivity contribution is 6.13. The molecule has 3 aliphatic carbocycles. The van der Waals surface area contributed by atoms with Crippen LogP contribution in [0, 0.1) is 43.8 Å². The molecule has 3 aliphatic rings. The van der Waals surface area contributed by atoms with E-state index in [-0.39, 0.29) is 49.8 Å². The standard InChI is InChI=1S/C21H26O.C17H24O3.C16H21NO/c1-20(2,3)17-13-16(12-15-10-8-7-9-11-15)14-18(19(17)22)21(4,5)6;1-16(2,3)12-8-11(10-14(18)20-7)9-13(15(12)19)17(4,5)6;1-15(2,3)12-9-11(7-8-17)10-13(14(12)18)16(4,5)6/h7-14H,1-6H3;8-10H,1-7H3;7,9-10H,1-6H3. The number of allylic oxidation sites excluding steroid dienone is 16. The smallest absolute Gasteiger partial charge is 0.331 e. The van der Waals surface area contributed by atoms with Gasteiger partial charge < -0.3 is 4.74 Å². The molecular weight excluding hydrogens is 743 g/mol. The van der Waals surface area contributed by atoms with Gasteiger partial charge in [0, 0.05) is 45.6 Å². The molecule has 0 N–H and O–H groups in total. The summed E-state index contributed by atoms with van der Waals surface area (Å²) in [6.07, 6.45) is 16.4. The zero-order chi connectivity index (χ0) is 46.4. The molecule has 0 fully saturated rings. The first-order valence-electron chi connectivity index (χ1n) is 20.8. The molecule has 0 bridgehead atoms. The number of ketones is 3. The van der Waals surface area contributed by atoms with Gasteiger partial charge >= 0.3 is 5.97 Å². The van der Waals surface area contributed by atoms with E-state index in [1.165, 1.54) is 19.3 Å². The van der Waals surface area contributed by atoms with Crippen LogP contribution in [0.15, 0.2) is 129 Å². The van der Waals surface area contributed by atoms with Gasteiger partial charge in [0.15, 0.2) is 17.3 Å². The van der Waals surface area contributed by atoms with E-state index in [1.807, 2.05) is 132 Å². The maximum absolute atomic E-state index is 12.9. The summed E-state index contributed by atoms with van der Waals surface area (Å²) >= 11 is 0. The summed E-state index contributed by atoms with van der Waals surface area (Å²) < 4.78 is 4.66. The van der Waals surface area contributed by atoms with Crippen LogP contribution in [0.1, 0.15) is 130 Å². The van der Waals surface area contributed by atoms with Crippen LogP contribution in [-0.4, -0.2) is 30.4 Å². The highest BCUT2D eigenvalue weighted by Crippen LogP contribution is 2.41. The summed E-state index contributed by atoms with van der Waals surface area (Å²) in [6, 6.07) is 12.3. The van der Waals surface area contributed by atoms with Crippen molar-refractivity contribution in [2.24, 2.45) is 32.5 Å². The number of nitrogens with zero attached hydrogens (tertiary/aromatic N) is 1. The molecule has 0 spiro atoms. The van der Waals surface area contributed by atoms with Crippen molar-refractivity contribution in [2.75, 3.05) is 7.11 Å². The number of carbonyl (C=O) groups excluding carboxylic acids is 4. The Morgan fingerprint density at radius 2 is 0.767 bits per heavy atom. The van der Waals surface area contributed by atoms with Crippen LogP contribution >= 0.6 is 0 Å². The number of nitriles is 1. The highest BCUT2D eigenvalue weighted by Gasteiger charge is 2.36.